The van der Waals surface area contributed by atoms with E-state index in [2.05, 4.69) is 45.0 Å². The first-order valence-electron chi connectivity index (χ1n) is 16.7. The number of alkyl halides is 3. The molecule has 1 fully saturated rings. The highest BCUT2D eigenvalue weighted by atomic mass is 32.2. The van der Waals surface area contributed by atoms with E-state index < -0.39 is 47.7 Å². The zero-order valence-electron chi connectivity index (χ0n) is 29.1. The number of nitrogens with zero attached hydrogens (tertiary/aromatic N) is 7. The summed E-state index contributed by atoms with van der Waals surface area (Å²) in [6.45, 7) is 9.71. The van der Waals surface area contributed by atoms with Gasteiger partial charge in [-0.15, -0.1) is 5.10 Å². The molecule has 2 aromatic carbocycles. The van der Waals surface area contributed by atoms with Gasteiger partial charge < -0.3 is 20.1 Å². The molecule has 1 amide bonds. The van der Waals surface area contributed by atoms with Crippen molar-refractivity contribution in [2.45, 2.75) is 69.3 Å². The lowest BCUT2D eigenvalue weighted by atomic mass is 10.0. The molecule has 3 aromatic heterocycles. The van der Waals surface area contributed by atoms with Gasteiger partial charge >= 0.3 is 12.3 Å². The summed E-state index contributed by atoms with van der Waals surface area (Å²) in [5.41, 5.74) is -1.28. The van der Waals surface area contributed by atoms with Gasteiger partial charge in [0.05, 0.1) is 16.1 Å². The zero-order valence-corrected chi connectivity index (χ0v) is 30.9. The Bertz CT molecular complexity index is 2200. The van der Waals surface area contributed by atoms with Gasteiger partial charge in [-0.25, -0.2) is 36.8 Å². The van der Waals surface area contributed by atoms with Crippen molar-refractivity contribution in [1.82, 2.24) is 33.6 Å². The van der Waals surface area contributed by atoms with Crippen LogP contribution in [-0.2, 0) is 27.7 Å². The third-order valence-electron chi connectivity index (χ3n) is 8.77. The lowest BCUT2D eigenvalue weighted by Crippen LogP contribution is -2.44. The molecule has 1 saturated heterocycles. The summed E-state index contributed by atoms with van der Waals surface area (Å²) in [5.74, 6) is 0.698. The molecule has 276 valence electrons. The van der Waals surface area contributed by atoms with Crippen LogP contribution in [0.25, 0.3) is 33.5 Å². The van der Waals surface area contributed by atoms with E-state index >= 15 is 0 Å². The molecule has 1 atom stereocenters. The second-order valence-electron chi connectivity index (χ2n) is 13.9. The van der Waals surface area contributed by atoms with Gasteiger partial charge in [-0.2, -0.15) is 13.2 Å². The van der Waals surface area contributed by atoms with Gasteiger partial charge in [-0.1, -0.05) is 50.0 Å². The number of likely N-dealkylation sites (tertiary alicyclic amines) is 1. The number of hydrogen-bond acceptors (Lipinski definition) is 9. The molecule has 1 aliphatic heterocycles. The molecule has 0 saturated carbocycles. The van der Waals surface area contributed by atoms with Crippen LogP contribution >= 0.6 is 0 Å². The lowest BCUT2D eigenvalue weighted by Gasteiger charge is -2.31. The van der Waals surface area contributed by atoms with E-state index in [9.17, 15) is 31.5 Å². The van der Waals surface area contributed by atoms with E-state index in [-0.39, 0.29) is 46.4 Å². The Balaban J connectivity index is 1.45. The fourth-order valence-electron chi connectivity index (χ4n) is 5.94. The van der Waals surface area contributed by atoms with E-state index in [0.29, 0.717) is 43.6 Å². The Morgan fingerprint density at radius 1 is 1.12 bits per heavy atom. The Hall–Kier alpha value is -4.81. The molecule has 18 heteroatoms. The molecular weight excluding hydrogens is 718 g/mol. The van der Waals surface area contributed by atoms with Crippen molar-refractivity contribution < 1.29 is 36.2 Å². The van der Waals surface area contributed by atoms with Gasteiger partial charge in [0.2, 0.25) is 5.95 Å². The molecule has 52 heavy (non-hydrogen) atoms. The van der Waals surface area contributed by atoms with Crippen LogP contribution in [-0.4, -0.2) is 87.0 Å². The highest BCUT2D eigenvalue weighted by Gasteiger charge is 2.37. The third kappa shape index (κ3) is 7.97. The molecule has 0 spiro atoms. The van der Waals surface area contributed by atoms with Gasteiger partial charge in [0.15, 0.2) is 5.82 Å². The van der Waals surface area contributed by atoms with Gasteiger partial charge in [0, 0.05) is 62.7 Å². The number of aromatic nitrogens is 6. The summed E-state index contributed by atoms with van der Waals surface area (Å²) in [5, 5.41) is 17.2. The second-order valence-corrected chi connectivity index (χ2v) is 21.3. The molecule has 5 aromatic rings. The van der Waals surface area contributed by atoms with Gasteiger partial charge in [0.1, 0.15) is 18.1 Å². The highest BCUT2D eigenvalue weighted by Crippen LogP contribution is 2.41. The quantitative estimate of drug-likeness (QED) is 0.109. The monoisotopic (exact) mass is 756 g/mol. The summed E-state index contributed by atoms with van der Waals surface area (Å²) in [4.78, 5) is 25.5. The molecule has 0 aliphatic carbocycles. The van der Waals surface area contributed by atoms with Crippen molar-refractivity contribution in [3.8, 4) is 22.6 Å². The first-order valence-corrected chi connectivity index (χ1v) is 21.8. The number of aryl methyl sites for hydroxylation is 1. The number of ether oxygens (including phenoxy) is 1. The van der Waals surface area contributed by atoms with Crippen molar-refractivity contribution in [3.63, 3.8) is 0 Å². The number of halogens is 3. The van der Waals surface area contributed by atoms with E-state index in [1.807, 2.05) is 0 Å². The molecule has 0 radical (unpaired) electrons. The van der Waals surface area contributed by atoms with E-state index in [1.54, 1.807) is 35.9 Å². The second kappa shape index (κ2) is 14.3. The number of carboxylic acid groups (broad SMARTS) is 1. The predicted molar refractivity (Wildman–Crippen MR) is 191 cm³/mol. The van der Waals surface area contributed by atoms with Crippen LogP contribution in [0.2, 0.25) is 25.7 Å². The normalized spacial score (nSPS) is 15.7. The average molecular weight is 757 g/mol. The van der Waals surface area contributed by atoms with Gasteiger partial charge in [-0.05, 0) is 44.0 Å². The molecular formula is C34H39F3N8O5SSi. The third-order valence-corrected chi connectivity index (χ3v) is 12.2. The number of benzene rings is 2. The van der Waals surface area contributed by atoms with Crippen LogP contribution in [0.1, 0.15) is 24.2 Å². The molecule has 6 rings (SSSR count). The van der Waals surface area contributed by atoms with E-state index in [4.69, 9.17) is 4.74 Å². The molecule has 0 unspecified atom stereocenters. The molecule has 2 N–H and O–H groups in total. The number of fused-ring (bicyclic) bond motifs is 1. The minimum atomic E-state index is -4.89. The summed E-state index contributed by atoms with van der Waals surface area (Å²) in [7, 11) is -5.63. The minimum Gasteiger partial charge on any atom is -0.465 e. The molecule has 1 aliphatic rings. The SMILES string of the molecule is Cc1nc(-c2ccc3c(-c4nc(N[C@H]5CCCN(C(=O)O)C5)ncc4C(F)(F)F)cn(S(=O)(=O)c4ccccc4)c3c2)nn1COCC[Si](C)(C)C. The number of hydrogen-bond donors (Lipinski definition) is 2. The number of rotatable bonds is 11. The van der Waals surface area contributed by atoms with Crippen LogP contribution in [0.4, 0.5) is 23.9 Å². The maximum absolute atomic E-state index is 14.5. The van der Waals surface area contributed by atoms with Crippen LogP contribution in [0.3, 0.4) is 0 Å². The zero-order chi connectivity index (χ0) is 37.4. The molecule has 0 bridgehead atoms. The standard InChI is InChI=1S/C34H39F3N8O5SSi/c1-22-39-31(42-44(22)21-50-15-16-52(2,3)4)23-12-13-26-27(20-45(29(26)17-23)51(48,49)25-10-6-5-7-11-25)30-28(34(35,36)37)18-38-32(41-30)40-24-9-8-14-43(19-24)33(46)47/h5-7,10-13,17-18,20,24H,8-9,14-16,19,21H2,1-4H3,(H,46,47)(H,38,40,41)/t24-/m0/s1. The van der Waals surface area contributed by atoms with E-state index in [0.717, 1.165) is 16.2 Å². The summed E-state index contributed by atoms with van der Waals surface area (Å²) < 4.78 is 80.2. The van der Waals surface area contributed by atoms with Crippen LogP contribution in [0.5, 0.6) is 0 Å². The van der Waals surface area contributed by atoms with Crippen molar-refractivity contribution in [2.75, 3.05) is 25.0 Å². The van der Waals surface area contributed by atoms with Crippen LogP contribution < -0.4 is 5.32 Å². The number of amides is 1. The van der Waals surface area contributed by atoms with Crippen molar-refractivity contribution in [2.24, 2.45) is 0 Å². The summed E-state index contributed by atoms with van der Waals surface area (Å²) in [6.07, 6.45) is -3.12. The number of carbonyl (C=O) groups is 1. The highest BCUT2D eigenvalue weighted by molar-refractivity contribution is 7.90. The topological polar surface area (TPSA) is 157 Å². The van der Waals surface area contributed by atoms with E-state index in [1.165, 1.54) is 29.2 Å². The van der Waals surface area contributed by atoms with Crippen molar-refractivity contribution in [3.05, 3.63) is 72.3 Å². The van der Waals surface area contributed by atoms with Gasteiger partial charge in [-0.3, -0.25) is 0 Å². The fourth-order valence-corrected chi connectivity index (χ4v) is 8.08. The largest absolute Gasteiger partial charge is 0.465 e. The van der Waals surface area contributed by atoms with Crippen molar-refractivity contribution >= 4 is 41.0 Å². The summed E-state index contributed by atoms with van der Waals surface area (Å²) in [6, 6.07) is 12.8. The van der Waals surface area contributed by atoms with Gasteiger partial charge in [0.25, 0.3) is 10.0 Å². The Morgan fingerprint density at radius 3 is 2.56 bits per heavy atom. The maximum Gasteiger partial charge on any atom is 0.419 e. The number of anilines is 1. The Labute approximate surface area is 299 Å². The van der Waals surface area contributed by atoms with Crippen LogP contribution in [0, 0.1) is 6.92 Å². The first-order chi connectivity index (χ1) is 24.5. The Kier molecular flexibility index (Phi) is 10.2. The molecule has 4 heterocycles. The minimum absolute atomic E-state index is 0.0704. The lowest BCUT2D eigenvalue weighted by molar-refractivity contribution is -0.137. The summed E-state index contributed by atoms with van der Waals surface area (Å²) >= 11 is 0. The Morgan fingerprint density at radius 2 is 1.87 bits per heavy atom. The fraction of sp³-hybridized carbons (Fsp3) is 0.382. The van der Waals surface area contributed by atoms with Crippen LogP contribution in [0.15, 0.2) is 65.8 Å². The number of piperidine rings is 1. The smallest absolute Gasteiger partial charge is 0.419 e. The van der Waals surface area contributed by atoms with Crippen molar-refractivity contribution in [1.29, 1.82) is 0 Å². The maximum atomic E-state index is 14.5. The number of nitrogens with one attached hydrogen (secondary N) is 1. The molecule has 13 nitrogen and oxygen atoms in total. The predicted octanol–water partition coefficient (Wildman–Crippen LogP) is 6.79. The average Bonchev–Trinajstić information content (AvgIpc) is 3.66. The first kappa shape index (κ1) is 37.0.